The number of rotatable bonds is 1. The summed E-state index contributed by atoms with van der Waals surface area (Å²) >= 11 is 0. The Morgan fingerprint density at radius 1 is 1.54 bits per heavy atom. The minimum atomic E-state index is -0.443. The molecule has 0 unspecified atom stereocenters. The second kappa shape index (κ2) is 2.55. The second-order valence-corrected chi connectivity index (χ2v) is 2.77. The van der Waals surface area contributed by atoms with Crippen molar-refractivity contribution in [2.24, 2.45) is 0 Å². The van der Waals surface area contributed by atoms with Crippen LogP contribution in [0.4, 0.5) is 5.69 Å². The summed E-state index contributed by atoms with van der Waals surface area (Å²) in [5.74, 6) is 0. The maximum atomic E-state index is 10.5. The molecule has 66 valence electrons. The average molecular weight is 178 g/mol. The van der Waals surface area contributed by atoms with Crippen LogP contribution >= 0.6 is 0 Å². The van der Waals surface area contributed by atoms with Gasteiger partial charge in [0.1, 0.15) is 11.8 Å². The van der Waals surface area contributed by atoms with Crippen LogP contribution in [0.5, 0.6) is 0 Å². The lowest BCUT2D eigenvalue weighted by atomic mass is 10.1. The van der Waals surface area contributed by atoms with E-state index in [9.17, 15) is 10.1 Å². The molecule has 5 nitrogen and oxygen atoms in total. The molecule has 1 aromatic carbocycles. The first kappa shape index (κ1) is 7.72. The van der Waals surface area contributed by atoms with E-state index in [4.69, 9.17) is 4.52 Å². The normalized spacial score (nSPS) is 10.5. The van der Waals surface area contributed by atoms with Crippen molar-refractivity contribution in [2.45, 2.75) is 6.92 Å². The van der Waals surface area contributed by atoms with Crippen LogP contribution in [0.2, 0.25) is 0 Å². The van der Waals surface area contributed by atoms with Gasteiger partial charge in [-0.3, -0.25) is 10.1 Å². The summed E-state index contributed by atoms with van der Waals surface area (Å²) in [6.45, 7) is 1.78. The predicted octanol–water partition coefficient (Wildman–Crippen LogP) is 2.04. The van der Waals surface area contributed by atoms with Crippen molar-refractivity contribution in [2.75, 3.05) is 0 Å². The van der Waals surface area contributed by atoms with E-state index in [0.29, 0.717) is 5.52 Å². The van der Waals surface area contributed by atoms with Crippen LogP contribution in [0.15, 0.2) is 22.9 Å². The van der Waals surface area contributed by atoms with E-state index in [1.54, 1.807) is 6.92 Å². The number of hydrogen-bond acceptors (Lipinski definition) is 4. The number of benzene rings is 1. The first-order valence-corrected chi connectivity index (χ1v) is 3.67. The number of aryl methyl sites for hydroxylation is 1. The zero-order valence-corrected chi connectivity index (χ0v) is 6.85. The van der Waals surface area contributed by atoms with Gasteiger partial charge in [0.25, 0.3) is 5.69 Å². The summed E-state index contributed by atoms with van der Waals surface area (Å²) in [6.07, 6.45) is 1.48. The molecule has 0 aliphatic rings. The zero-order chi connectivity index (χ0) is 9.42. The first-order chi connectivity index (χ1) is 6.18. The Morgan fingerprint density at radius 3 is 3.00 bits per heavy atom. The van der Waals surface area contributed by atoms with Gasteiger partial charge in [-0.05, 0) is 12.5 Å². The van der Waals surface area contributed by atoms with Gasteiger partial charge in [0.2, 0.25) is 0 Å². The molecule has 2 rings (SSSR count). The molecule has 0 N–H and O–H groups in total. The van der Waals surface area contributed by atoms with Crippen LogP contribution < -0.4 is 0 Å². The highest BCUT2D eigenvalue weighted by atomic mass is 16.6. The number of hydrogen-bond donors (Lipinski definition) is 0. The van der Waals surface area contributed by atoms with E-state index >= 15 is 0 Å². The molecule has 1 aromatic heterocycles. The number of fused-ring (bicyclic) bond motifs is 1. The van der Waals surface area contributed by atoms with Crippen LogP contribution in [-0.4, -0.2) is 10.1 Å². The van der Waals surface area contributed by atoms with Gasteiger partial charge in [-0.25, -0.2) is 0 Å². The smallest absolute Gasteiger partial charge is 0.272 e. The van der Waals surface area contributed by atoms with Crippen molar-refractivity contribution < 1.29 is 9.45 Å². The largest absolute Gasteiger partial charge is 0.363 e. The van der Waals surface area contributed by atoms with Gasteiger partial charge in [0.15, 0.2) is 0 Å². The molecule has 5 heteroatoms. The maximum absolute atomic E-state index is 10.5. The number of aromatic nitrogens is 1. The molecule has 0 atom stereocenters. The Balaban J connectivity index is 2.77. The monoisotopic (exact) mass is 178 g/mol. The number of nitrogens with zero attached hydrogens (tertiary/aromatic N) is 2. The van der Waals surface area contributed by atoms with E-state index in [2.05, 4.69) is 5.16 Å². The van der Waals surface area contributed by atoms with E-state index in [0.717, 1.165) is 10.9 Å². The van der Waals surface area contributed by atoms with Crippen molar-refractivity contribution in [1.29, 1.82) is 0 Å². The van der Waals surface area contributed by atoms with Gasteiger partial charge < -0.3 is 4.52 Å². The lowest BCUT2D eigenvalue weighted by Gasteiger charge is -1.93. The van der Waals surface area contributed by atoms with E-state index in [1.165, 1.54) is 18.4 Å². The quantitative estimate of drug-likeness (QED) is 0.495. The van der Waals surface area contributed by atoms with Gasteiger partial charge >= 0.3 is 0 Å². The standard InChI is InChI=1S/C8H6N2O3/c1-5-2-6(10(11)12)3-8-7(5)4-13-9-8/h2-4H,1H3. The summed E-state index contributed by atoms with van der Waals surface area (Å²) in [5, 5.41) is 14.9. The van der Waals surface area contributed by atoms with Crippen LogP contribution in [0.25, 0.3) is 10.9 Å². The molecule has 0 spiro atoms. The van der Waals surface area contributed by atoms with Crippen LogP contribution in [0.1, 0.15) is 5.56 Å². The minimum absolute atomic E-state index is 0.0406. The molecule has 0 saturated carbocycles. The summed E-state index contributed by atoms with van der Waals surface area (Å²) in [7, 11) is 0. The zero-order valence-electron chi connectivity index (χ0n) is 6.85. The highest BCUT2D eigenvalue weighted by Crippen LogP contribution is 2.23. The third kappa shape index (κ3) is 1.14. The summed E-state index contributed by atoms with van der Waals surface area (Å²) < 4.78 is 4.71. The van der Waals surface area contributed by atoms with Crippen molar-refractivity contribution in [3.8, 4) is 0 Å². The molecule has 0 radical (unpaired) electrons. The fourth-order valence-electron chi connectivity index (χ4n) is 1.23. The van der Waals surface area contributed by atoms with E-state index in [1.807, 2.05) is 0 Å². The SMILES string of the molecule is Cc1cc([N+](=O)[O-])cc2nocc12. The topological polar surface area (TPSA) is 69.2 Å². The molecule has 0 aliphatic heterocycles. The second-order valence-electron chi connectivity index (χ2n) is 2.77. The van der Waals surface area contributed by atoms with Gasteiger partial charge in [-0.1, -0.05) is 5.16 Å². The Morgan fingerprint density at radius 2 is 2.31 bits per heavy atom. The van der Waals surface area contributed by atoms with E-state index < -0.39 is 4.92 Å². The molecule has 0 fully saturated rings. The molecule has 0 aliphatic carbocycles. The highest BCUT2D eigenvalue weighted by Gasteiger charge is 2.10. The van der Waals surface area contributed by atoms with Crippen molar-refractivity contribution >= 4 is 16.6 Å². The molecule has 13 heavy (non-hydrogen) atoms. The number of nitro groups is 1. The summed E-state index contributed by atoms with van der Waals surface area (Å²) in [4.78, 5) is 10.0. The van der Waals surface area contributed by atoms with Crippen LogP contribution in [-0.2, 0) is 0 Å². The fraction of sp³-hybridized carbons (Fsp3) is 0.125. The Hall–Kier alpha value is -1.91. The lowest BCUT2D eigenvalue weighted by Crippen LogP contribution is -1.88. The molecular weight excluding hydrogens is 172 g/mol. The van der Waals surface area contributed by atoms with Gasteiger partial charge in [-0.15, -0.1) is 0 Å². The van der Waals surface area contributed by atoms with Crippen LogP contribution in [0, 0.1) is 17.0 Å². The summed E-state index contributed by atoms with van der Waals surface area (Å²) in [6, 6.07) is 2.89. The molecule has 0 saturated heterocycles. The van der Waals surface area contributed by atoms with Crippen molar-refractivity contribution in [3.05, 3.63) is 34.1 Å². The summed E-state index contributed by atoms with van der Waals surface area (Å²) in [5.41, 5.74) is 1.36. The van der Waals surface area contributed by atoms with E-state index in [-0.39, 0.29) is 5.69 Å². The highest BCUT2D eigenvalue weighted by molar-refractivity contribution is 5.83. The third-order valence-corrected chi connectivity index (χ3v) is 1.88. The minimum Gasteiger partial charge on any atom is -0.363 e. The lowest BCUT2D eigenvalue weighted by molar-refractivity contribution is -0.384. The molecule has 0 amide bonds. The molecular formula is C8H6N2O3. The number of non-ortho nitro benzene ring substituents is 1. The number of nitro benzene ring substituents is 1. The third-order valence-electron chi connectivity index (χ3n) is 1.88. The molecule has 2 aromatic rings. The van der Waals surface area contributed by atoms with Crippen molar-refractivity contribution in [1.82, 2.24) is 5.16 Å². The Bertz CT molecular complexity index is 475. The van der Waals surface area contributed by atoms with Crippen molar-refractivity contribution in [3.63, 3.8) is 0 Å². The maximum Gasteiger partial charge on any atom is 0.272 e. The Kier molecular flexibility index (Phi) is 1.51. The van der Waals surface area contributed by atoms with Gasteiger partial charge in [-0.2, -0.15) is 0 Å². The van der Waals surface area contributed by atoms with Gasteiger partial charge in [0.05, 0.1) is 4.92 Å². The average Bonchev–Trinajstić information content (AvgIpc) is 2.51. The first-order valence-electron chi connectivity index (χ1n) is 3.67. The fourth-order valence-corrected chi connectivity index (χ4v) is 1.23. The molecule has 0 bridgehead atoms. The Labute approximate surface area is 73.1 Å². The molecule has 1 heterocycles. The predicted molar refractivity (Wildman–Crippen MR) is 45.4 cm³/mol. The van der Waals surface area contributed by atoms with Gasteiger partial charge in [0, 0.05) is 17.5 Å². The van der Waals surface area contributed by atoms with Crippen LogP contribution in [0.3, 0.4) is 0 Å².